The molecule has 1 fully saturated rings. The number of hydrogen-bond acceptors (Lipinski definition) is 7. The number of thiophene rings is 1. The van der Waals surface area contributed by atoms with Gasteiger partial charge in [0.25, 0.3) is 0 Å². The van der Waals surface area contributed by atoms with Gasteiger partial charge in [0.15, 0.2) is 0 Å². The molecular formula is C27H30ClN3O4S. The molecule has 190 valence electrons. The first-order valence-electron chi connectivity index (χ1n) is 12.0. The second kappa shape index (κ2) is 12.3. The molecule has 4 rings (SSSR count). The van der Waals surface area contributed by atoms with Crippen LogP contribution in [0, 0.1) is 0 Å². The Morgan fingerprint density at radius 3 is 2.42 bits per heavy atom. The standard InChI is InChI=1S/C27H30ClN3O4S/c1-3-34-23-8-6-5-7-22(23)31-15-13-30(14-16-31)18-25(32)29-21-17-24(19-9-11-20(28)12-10-19)36-26(21)27(33)35-4-2/h5-12,17H,3-4,13-16,18H2,1-2H3,(H,29,32). The van der Waals surface area contributed by atoms with Crippen molar-refractivity contribution in [3.05, 3.63) is 64.5 Å². The maximum atomic E-state index is 12.9. The van der Waals surface area contributed by atoms with Crippen LogP contribution in [0.3, 0.4) is 0 Å². The van der Waals surface area contributed by atoms with Crippen LogP contribution >= 0.6 is 22.9 Å². The highest BCUT2D eigenvalue weighted by atomic mass is 35.5. The van der Waals surface area contributed by atoms with Crippen LogP contribution < -0.4 is 15.0 Å². The Morgan fingerprint density at radius 1 is 1.00 bits per heavy atom. The van der Waals surface area contributed by atoms with Gasteiger partial charge in [-0.15, -0.1) is 11.3 Å². The molecule has 0 aliphatic carbocycles. The van der Waals surface area contributed by atoms with Crippen molar-refractivity contribution in [1.29, 1.82) is 0 Å². The summed E-state index contributed by atoms with van der Waals surface area (Å²) in [6.45, 7) is 7.95. The highest BCUT2D eigenvalue weighted by Crippen LogP contribution is 2.36. The number of benzene rings is 2. The van der Waals surface area contributed by atoms with E-state index in [2.05, 4.69) is 21.2 Å². The molecule has 3 aromatic rings. The second-order valence-electron chi connectivity index (χ2n) is 8.29. The monoisotopic (exact) mass is 527 g/mol. The van der Waals surface area contributed by atoms with Crippen molar-refractivity contribution in [1.82, 2.24) is 4.90 Å². The van der Waals surface area contributed by atoms with Crippen molar-refractivity contribution in [3.8, 4) is 16.2 Å². The number of anilines is 2. The van der Waals surface area contributed by atoms with Crippen LogP contribution in [0.5, 0.6) is 5.75 Å². The van der Waals surface area contributed by atoms with E-state index in [9.17, 15) is 9.59 Å². The lowest BCUT2D eigenvalue weighted by Crippen LogP contribution is -2.48. The van der Waals surface area contributed by atoms with Crippen molar-refractivity contribution in [2.75, 3.05) is 56.2 Å². The first-order chi connectivity index (χ1) is 17.5. The zero-order valence-electron chi connectivity index (χ0n) is 20.5. The summed E-state index contributed by atoms with van der Waals surface area (Å²) in [5, 5.41) is 3.57. The molecule has 1 aliphatic rings. The van der Waals surface area contributed by atoms with E-state index < -0.39 is 5.97 Å². The Hall–Kier alpha value is -3.07. The van der Waals surface area contributed by atoms with Crippen LogP contribution in [0.2, 0.25) is 5.02 Å². The minimum atomic E-state index is -0.445. The predicted octanol–water partition coefficient (Wildman–Crippen LogP) is 5.40. The average molecular weight is 528 g/mol. The summed E-state index contributed by atoms with van der Waals surface area (Å²) in [5.41, 5.74) is 2.46. The zero-order chi connectivity index (χ0) is 25.5. The second-order valence-corrected chi connectivity index (χ2v) is 9.78. The van der Waals surface area contributed by atoms with E-state index in [0.29, 0.717) is 22.2 Å². The number of carbonyl (C=O) groups is 2. The fraction of sp³-hybridized carbons (Fsp3) is 0.333. The number of esters is 1. The van der Waals surface area contributed by atoms with E-state index in [1.54, 1.807) is 19.1 Å². The van der Waals surface area contributed by atoms with Gasteiger partial charge in [-0.1, -0.05) is 35.9 Å². The molecule has 1 N–H and O–H groups in total. The van der Waals surface area contributed by atoms with E-state index in [-0.39, 0.29) is 19.1 Å². The largest absolute Gasteiger partial charge is 0.492 e. The number of halogens is 1. The van der Waals surface area contributed by atoms with Crippen LogP contribution in [0.4, 0.5) is 11.4 Å². The lowest BCUT2D eigenvalue weighted by atomic mass is 10.2. The summed E-state index contributed by atoms with van der Waals surface area (Å²) < 4.78 is 11.0. The number of para-hydroxylation sites is 2. The molecule has 1 aliphatic heterocycles. The maximum Gasteiger partial charge on any atom is 0.350 e. The van der Waals surface area contributed by atoms with Gasteiger partial charge in [-0.3, -0.25) is 9.69 Å². The average Bonchev–Trinajstić information content (AvgIpc) is 3.29. The summed E-state index contributed by atoms with van der Waals surface area (Å²) in [6, 6.07) is 17.2. The molecule has 2 heterocycles. The van der Waals surface area contributed by atoms with Crippen LogP contribution in [0.25, 0.3) is 10.4 Å². The molecule has 0 radical (unpaired) electrons. The lowest BCUT2D eigenvalue weighted by Gasteiger charge is -2.36. The normalized spacial score (nSPS) is 13.9. The summed E-state index contributed by atoms with van der Waals surface area (Å²) in [4.78, 5) is 31.2. The molecule has 1 aromatic heterocycles. The molecule has 0 atom stereocenters. The SMILES string of the molecule is CCOC(=O)c1sc(-c2ccc(Cl)cc2)cc1NC(=O)CN1CCN(c2ccccc2OCC)CC1. The lowest BCUT2D eigenvalue weighted by molar-refractivity contribution is -0.117. The minimum Gasteiger partial charge on any atom is -0.492 e. The number of ether oxygens (including phenoxy) is 2. The number of nitrogens with zero attached hydrogens (tertiary/aromatic N) is 2. The number of carbonyl (C=O) groups excluding carboxylic acids is 2. The third kappa shape index (κ3) is 6.37. The van der Waals surface area contributed by atoms with E-state index >= 15 is 0 Å². The molecule has 0 unspecified atom stereocenters. The summed E-state index contributed by atoms with van der Waals surface area (Å²) in [6.07, 6.45) is 0. The Bertz CT molecular complexity index is 1190. The Kier molecular flexibility index (Phi) is 8.85. The van der Waals surface area contributed by atoms with Gasteiger partial charge in [0.1, 0.15) is 10.6 Å². The van der Waals surface area contributed by atoms with Crippen LogP contribution in [-0.2, 0) is 9.53 Å². The molecular weight excluding hydrogens is 498 g/mol. The third-order valence-corrected chi connectivity index (χ3v) is 7.26. The van der Waals surface area contributed by atoms with Crippen molar-refractivity contribution in [2.24, 2.45) is 0 Å². The highest BCUT2D eigenvalue weighted by Gasteiger charge is 2.24. The van der Waals surface area contributed by atoms with Gasteiger partial charge in [0.2, 0.25) is 5.91 Å². The number of nitrogens with one attached hydrogen (secondary N) is 1. The highest BCUT2D eigenvalue weighted by molar-refractivity contribution is 7.18. The van der Waals surface area contributed by atoms with Crippen molar-refractivity contribution < 1.29 is 19.1 Å². The molecule has 1 saturated heterocycles. The van der Waals surface area contributed by atoms with Crippen LogP contribution in [-0.4, -0.2) is 62.7 Å². The third-order valence-electron chi connectivity index (χ3n) is 5.84. The van der Waals surface area contributed by atoms with E-state index in [0.717, 1.165) is 48.1 Å². The molecule has 2 aromatic carbocycles. The first kappa shape index (κ1) is 26.0. The number of piperazine rings is 1. The topological polar surface area (TPSA) is 71.1 Å². The minimum absolute atomic E-state index is 0.163. The molecule has 0 spiro atoms. The van der Waals surface area contributed by atoms with Gasteiger partial charge in [0, 0.05) is 36.1 Å². The summed E-state index contributed by atoms with van der Waals surface area (Å²) in [5.74, 6) is 0.274. The molecule has 0 saturated carbocycles. The quantitative estimate of drug-likeness (QED) is 0.375. The van der Waals surface area contributed by atoms with Gasteiger partial charge < -0.3 is 19.7 Å². The van der Waals surface area contributed by atoms with Crippen LogP contribution in [0.1, 0.15) is 23.5 Å². The smallest absolute Gasteiger partial charge is 0.350 e. The summed E-state index contributed by atoms with van der Waals surface area (Å²) >= 11 is 7.31. The van der Waals surface area contributed by atoms with Crippen molar-refractivity contribution >= 4 is 46.2 Å². The Morgan fingerprint density at radius 2 is 1.72 bits per heavy atom. The van der Waals surface area contributed by atoms with Gasteiger partial charge >= 0.3 is 5.97 Å². The fourth-order valence-electron chi connectivity index (χ4n) is 4.12. The van der Waals surface area contributed by atoms with Crippen LogP contribution in [0.15, 0.2) is 54.6 Å². The first-order valence-corrected chi connectivity index (χ1v) is 13.2. The molecule has 1 amide bonds. The van der Waals surface area contributed by atoms with Crippen molar-refractivity contribution in [2.45, 2.75) is 13.8 Å². The van der Waals surface area contributed by atoms with E-state index in [4.69, 9.17) is 21.1 Å². The van der Waals surface area contributed by atoms with Gasteiger partial charge in [-0.2, -0.15) is 0 Å². The van der Waals surface area contributed by atoms with E-state index in [1.807, 2.05) is 43.3 Å². The molecule has 36 heavy (non-hydrogen) atoms. The Labute approximate surface area is 220 Å². The maximum absolute atomic E-state index is 12.9. The zero-order valence-corrected chi connectivity index (χ0v) is 22.0. The van der Waals surface area contributed by atoms with Crippen molar-refractivity contribution in [3.63, 3.8) is 0 Å². The van der Waals surface area contributed by atoms with Gasteiger partial charge in [-0.25, -0.2) is 4.79 Å². The Balaban J connectivity index is 1.40. The van der Waals surface area contributed by atoms with E-state index in [1.165, 1.54) is 11.3 Å². The summed E-state index contributed by atoms with van der Waals surface area (Å²) in [7, 11) is 0. The molecule has 9 heteroatoms. The predicted molar refractivity (Wildman–Crippen MR) is 146 cm³/mol. The fourth-order valence-corrected chi connectivity index (χ4v) is 5.26. The number of rotatable bonds is 9. The number of amides is 1. The van der Waals surface area contributed by atoms with Gasteiger partial charge in [-0.05, 0) is 49.7 Å². The molecule has 0 bridgehead atoms. The van der Waals surface area contributed by atoms with Gasteiger partial charge in [0.05, 0.1) is 31.1 Å². The molecule has 7 nitrogen and oxygen atoms in total. The number of hydrogen-bond donors (Lipinski definition) is 1.